The Morgan fingerprint density at radius 2 is 2.05 bits per heavy atom. The van der Waals surface area contributed by atoms with E-state index in [-0.39, 0.29) is 18.0 Å². The Hall–Kier alpha value is -1.96. The van der Waals surface area contributed by atoms with Gasteiger partial charge in [0.25, 0.3) is 0 Å². The third-order valence-electron chi connectivity index (χ3n) is 2.67. The molecule has 0 aromatic heterocycles. The van der Waals surface area contributed by atoms with Gasteiger partial charge in [-0.25, -0.2) is 4.79 Å². The van der Waals surface area contributed by atoms with E-state index in [9.17, 15) is 18.0 Å². The fraction of sp³-hybridized carbons (Fsp3) is 0.500. The molecule has 1 rings (SSSR count). The van der Waals surface area contributed by atoms with Crippen molar-refractivity contribution in [3.05, 3.63) is 23.8 Å². The highest BCUT2D eigenvalue weighted by molar-refractivity contribution is 5.90. The average Bonchev–Trinajstić information content (AvgIpc) is 2.44. The monoisotopic (exact) mass is 320 g/mol. The summed E-state index contributed by atoms with van der Waals surface area (Å²) >= 11 is 0. The van der Waals surface area contributed by atoms with Gasteiger partial charge in [0.05, 0.1) is 17.9 Å². The minimum absolute atomic E-state index is 0.0980. The van der Waals surface area contributed by atoms with Gasteiger partial charge in [0.15, 0.2) is 0 Å². The molecule has 124 valence electrons. The van der Waals surface area contributed by atoms with Crippen LogP contribution >= 0.6 is 0 Å². The SMILES string of the molecule is CCOc1ccc(NC(=O)NCCCOC)c(C(F)(F)F)c1. The van der Waals surface area contributed by atoms with E-state index in [4.69, 9.17) is 9.47 Å². The number of rotatable bonds is 7. The van der Waals surface area contributed by atoms with Crippen LogP contribution in [0, 0.1) is 0 Å². The van der Waals surface area contributed by atoms with E-state index in [1.54, 1.807) is 6.92 Å². The van der Waals surface area contributed by atoms with E-state index in [2.05, 4.69) is 10.6 Å². The Kier molecular flexibility index (Phi) is 6.97. The first kappa shape index (κ1) is 18.1. The molecule has 0 saturated heterocycles. The molecule has 0 radical (unpaired) electrons. The number of carbonyl (C=O) groups is 1. The number of methoxy groups -OCH3 is 1. The van der Waals surface area contributed by atoms with Crippen LogP contribution in [-0.4, -0.2) is 32.9 Å². The zero-order chi connectivity index (χ0) is 16.6. The fourth-order valence-electron chi connectivity index (χ4n) is 1.71. The average molecular weight is 320 g/mol. The van der Waals surface area contributed by atoms with E-state index >= 15 is 0 Å². The highest BCUT2D eigenvalue weighted by Crippen LogP contribution is 2.37. The standard InChI is InChI=1S/C14H19F3N2O3/c1-3-22-10-5-6-12(11(9-10)14(15,16)17)19-13(20)18-7-4-8-21-2/h5-6,9H,3-4,7-8H2,1-2H3,(H2,18,19,20). The van der Waals surface area contributed by atoms with Crippen molar-refractivity contribution >= 4 is 11.7 Å². The number of hydrogen-bond acceptors (Lipinski definition) is 3. The van der Waals surface area contributed by atoms with Crippen LogP contribution in [0.1, 0.15) is 18.9 Å². The van der Waals surface area contributed by atoms with Gasteiger partial charge in [-0.3, -0.25) is 0 Å². The van der Waals surface area contributed by atoms with Gasteiger partial charge in [-0.15, -0.1) is 0 Å². The summed E-state index contributed by atoms with van der Waals surface area (Å²) < 4.78 is 48.9. The quantitative estimate of drug-likeness (QED) is 0.758. The number of halogens is 3. The molecule has 2 N–H and O–H groups in total. The Morgan fingerprint density at radius 3 is 2.64 bits per heavy atom. The van der Waals surface area contributed by atoms with Crippen LogP contribution in [0.3, 0.4) is 0 Å². The molecule has 2 amide bonds. The van der Waals surface area contributed by atoms with Crippen molar-refractivity contribution < 1.29 is 27.4 Å². The third-order valence-corrected chi connectivity index (χ3v) is 2.67. The van der Waals surface area contributed by atoms with Crippen molar-refractivity contribution in [2.24, 2.45) is 0 Å². The molecule has 8 heteroatoms. The molecule has 0 heterocycles. The molecular formula is C14H19F3N2O3. The predicted molar refractivity (Wildman–Crippen MR) is 76.1 cm³/mol. The van der Waals surface area contributed by atoms with E-state index < -0.39 is 17.8 Å². The maximum absolute atomic E-state index is 13.0. The molecule has 0 aliphatic carbocycles. The number of benzene rings is 1. The Bertz CT molecular complexity index is 493. The zero-order valence-electron chi connectivity index (χ0n) is 12.4. The van der Waals surface area contributed by atoms with Crippen molar-refractivity contribution in [3.63, 3.8) is 0 Å². The zero-order valence-corrected chi connectivity index (χ0v) is 12.4. The number of alkyl halides is 3. The minimum atomic E-state index is -4.59. The van der Waals surface area contributed by atoms with Crippen LogP contribution < -0.4 is 15.4 Å². The highest BCUT2D eigenvalue weighted by Gasteiger charge is 2.34. The highest BCUT2D eigenvalue weighted by atomic mass is 19.4. The second kappa shape index (κ2) is 8.47. The first-order valence-electron chi connectivity index (χ1n) is 6.76. The summed E-state index contributed by atoms with van der Waals surface area (Å²) in [5.74, 6) is 0.0980. The van der Waals surface area contributed by atoms with Crippen LogP contribution in [0.2, 0.25) is 0 Å². The molecule has 0 fully saturated rings. The van der Waals surface area contributed by atoms with Gasteiger partial charge in [0, 0.05) is 20.3 Å². The third kappa shape index (κ3) is 5.80. The smallest absolute Gasteiger partial charge is 0.418 e. The number of amides is 2. The lowest BCUT2D eigenvalue weighted by atomic mass is 10.1. The number of carbonyl (C=O) groups excluding carboxylic acids is 1. The largest absolute Gasteiger partial charge is 0.494 e. The van der Waals surface area contributed by atoms with Gasteiger partial charge >= 0.3 is 12.2 Å². The lowest BCUT2D eigenvalue weighted by Gasteiger charge is -2.15. The molecule has 1 aromatic carbocycles. The second-order valence-corrected chi connectivity index (χ2v) is 4.37. The second-order valence-electron chi connectivity index (χ2n) is 4.37. The van der Waals surface area contributed by atoms with E-state index in [0.29, 0.717) is 19.6 Å². The Morgan fingerprint density at radius 1 is 1.32 bits per heavy atom. The summed E-state index contributed by atoms with van der Waals surface area (Å²) in [5, 5.41) is 4.65. The Labute approximate surface area is 126 Å². The lowest BCUT2D eigenvalue weighted by Crippen LogP contribution is -2.30. The summed E-state index contributed by atoms with van der Waals surface area (Å²) in [6.07, 6.45) is -4.02. The fourth-order valence-corrected chi connectivity index (χ4v) is 1.71. The van der Waals surface area contributed by atoms with Gasteiger partial charge in [0.1, 0.15) is 5.75 Å². The summed E-state index contributed by atoms with van der Waals surface area (Å²) in [4.78, 5) is 11.6. The first-order chi connectivity index (χ1) is 10.4. The van der Waals surface area contributed by atoms with Crippen molar-refractivity contribution in [2.45, 2.75) is 19.5 Å². The summed E-state index contributed by atoms with van der Waals surface area (Å²) in [6.45, 7) is 2.69. The number of ether oxygens (including phenoxy) is 2. The van der Waals surface area contributed by atoms with Crippen molar-refractivity contribution in [1.29, 1.82) is 0 Å². The Balaban J connectivity index is 2.78. The number of hydrogen-bond donors (Lipinski definition) is 2. The van der Waals surface area contributed by atoms with Gasteiger partial charge in [-0.2, -0.15) is 13.2 Å². The summed E-state index contributed by atoms with van der Waals surface area (Å²) in [5.41, 5.74) is -1.27. The van der Waals surface area contributed by atoms with Gasteiger partial charge < -0.3 is 20.1 Å². The predicted octanol–water partition coefficient (Wildman–Crippen LogP) is 3.26. The molecule has 0 aliphatic heterocycles. The van der Waals surface area contributed by atoms with Gasteiger partial charge in [0.2, 0.25) is 0 Å². The summed E-state index contributed by atoms with van der Waals surface area (Å²) in [7, 11) is 1.52. The lowest BCUT2D eigenvalue weighted by molar-refractivity contribution is -0.137. The molecule has 0 saturated carbocycles. The molecule has 0 bridgehead atoms. The molecule has 1 aromatic rings. The van der Waals surface area contributed by atoms with Crippen LogP contribution in [0.4, 0.5) is 23.7 Å². The van der Waals surface area contributed by atoms with Crippen LogP contribution in [0.25, 0.3) is 0 Å². The molecule has 0 aliphatic rings. The van der Waals surface area contributed by atoms with Gasteiger partial charge in [-0.05, 0) is 31.5 Å². The van der Waals surface area contributed by atoms with Crippen molar-refractivity contribution in [3.8, 4) is 5.75 Å². The van der Waals surface area contributed by atoms with Gasteiger partial charge in [-0.1, -0.05) is 0 Å². The van der Waals surface area contributed by atoms with Crippen LogP contribution in [-0.2, 0) is 10.9 Å². The van der Waals surface area contributed by atoms with Crippen molar-refractivity contribution in [2.75, 3.05) is 32.2 Å². The van der Waals surface area contributed by atoms with Crippen LogP contribution in [0.5, 0.6) is 5.75 Å². The molecule has 0 spiro atoms. The minimum Gasteiger partial charge on any atom is -0.494 e. The molecule has 5 nitrogen and oxygen atoms in total. The molecule has 22 heavy (non-hydrogen) atoms. The molecular weight excluding hydrogens is 301 g/mol. The molecule has 0 atom stereocenters. The first-order valence-corrected chi connectivity index (χ1v) is 6.76. The number of anilines is 1. The van der Waals surface area contributed by atoms with E-state index in [1.807, 2.05) is 0 Å². The number of nitrogens with one attached hydrogen (secondary N) is 2. The molecule has 0 unspecified atom stereocenters. The summed E-state index contributed by atoms with van der Waals surface area (Å²) in [6, 6.07) is 2.71. The van der Waals surface area contributed by atoms with Crippen LogP contribution in [0.15, 0.2) is 18.2 Å². The maximum atomic E-state index is 13.0. The topological polar surface area (TPSA) is 59.6 Å². The number of urea groups is 1. The normalized spacial score (nSPS) is 11.1. The maximum Gasteiger partial charge on any atom is 0.418 e. The van der Waals surface area contributed by atoms with E-state index in [0.717, 1.165) is 6.07 Å². The van der Waals surface area contributed by atoms with E-state index in [1.165, 1.54) is 19.2 Å². The van der Waals surface area contributed by atoms with Crippen molar-refractivity contribution in [1.82, 2.24) is 5.32 Å².